The van der Waals surface area contributed by atoms with Crippen LogP contribution in [-0.4, -0.2) is 33.8 Å². The predicted molar refractivity (Wildman–Crippen MR) is 60.0 cm³/mol. The van der Waals surface area contributed by atoms with E-state index in [1.807, 2.05) is 6.07 Å². The third-order valence-corrected chi connectivity index (χ3v) is 3.49. The second-order valence-corrected chi connectivity index (χ2v) is 4.83. The van der Waals surface area contributed by atoms with Gasteiger partial charge in [0.05, 0.1) is 25.3 Å². The molecule has 1 aromatic rings. The number of nitrogens with one attached hydrogen (secondary N) is 1. The SMILES string of the molecule is COc1cc(C#N)ccc1S(=O)(=O)NCCO. The topological polar surface area (TPSA) is 99.4 Å². The minimum atomic E-state index is -3.73. The van der Waals surface area contributed by atoms with E-state index in [1.165, 1.54) is 25.3 Å². The number of benzene rings is 1. The second-order valence-electron chi connectivity index (χ2n) is 3.10. The first kappa shape index (κ1) is 13.4. The molecule has 7 heteroatoms. The Morgan fingerprint density at radius 2 is 2.24 bits per heavy atom. The highest BCUT2D eigenvalue weighted by molar-refractivity contribution is 7.89. The molecule has 0 aliphatic carbocycles. The molecule has 2 N–H and O–H groups in total. The fourth-order valence-corrected chi connectivity index (χ4v) is 2.39. The van der Waals surface area contributed by atoms with Crippen LogP contribution in [0.25, 0.3) is 0 Å². The lowest BCUT2D eigenvalue weighted by molar-refractivity contribution is 0.301. The molecule has 0 aliphatic rings. The van der Waals surface area contributed by atoms with E-state index in [9.17, 15) is 8.42 Å². The molecule has 0 radical (unpaired) electrons. The lowest BCUT2D eigenvalue weighted by atomic mass is 10.2. The lowest BCUT2D eigenvalue weighted by Crippen LogP contribution is -2.27. The number of aliphatic hydroxyl groups is 1. The summed E-state index contributed by atoms with van der Waals surface area (Å²) in [6.07, 6.45) is 0. The van der Waals surface area contributed by atoms with E-state index in [1.54, 1.807) is 0 Å². The molecule has 0 amide bonds. The number of aliphatic hydroxyl groups excluding tert-OH is 1. The number of hydrogen-bond acceptors (Lipinski definition) is 5. The first-order valence-electron chi connectivity index (χ1n) is 4.74. The van der Waals surface area contributed by atoms with Crippen molar-refractivity contribution >= 4 is 10.0 Å². The third kappa shape index (κ3) is 3.17. The van der Waals surface area contributed by atoms with Crippen LogP contribution in [0.2, 0.25) is 0 Å². The maximum atomic E-state index is 11.8. The van der Waals surface area contributed by atoms with Crippen molar-refractivity contribution in [2.45, 2.75) is 4.90 Å². The van der Waals surface area contributed by atoms with Crippen LogP contribution in [0, 0.1) is 11.3 Å². The first-order chi connectivity index (χ1) is 8.05. The van der Waals surface area contributed by atoms with Crippen LogP contribution in [0.1, 0.15) is 5.56 Å². The van der Waals surface area contributed by atoms with Crippen LogP contribution in [0.4, 0.5) is 0 Å². The van der Waals surface area contributed by atoms with Crippen molar-refractivity contribution in [2.24, 2.45) is 0 Å². The number of methoxy groups -OCH3 is 1. The molecule has 0 spiro atoms. The number of rotatable bonds is 5. The minimum Gasteiger partial charge on any atom is -0.495 e. The van der Waals surface area contributed by atoms with Crippen LogP contribution >= 0.6 is 0 Å². The standard InChI is InChI=1S/C10H12N2O4S/c1-16-9-6-8(7-11)2-3-10(9)17(14,15)12-4-5-13/h2-3,6,12-13H,4-5H2,1H3. The van der Waals surface area contributed by atoms with Gasteiger partial charge in [0.2, 0.25) is 10.0 Å². The summed E-state index contributed by atoms with van der Waals surface area (Å²) in [5.41, 5.74) is 0.308. The van der Waals surface area contributed by atoms with Crippen LogP contribution in [0.5, 0.6) is 5.75 Å². The Labute approximate surface area is 99.5 Å². The van der Waals surface area contributed by atoms with Gasteiger partial charge in [-0.15, -0.1) is 0 Å². The number of hydrogen-bond donors (Lipinski definition) is 2. The summed E-state index contributed by atoms with van der Waals surface area (Å²) in [5, 5.41) is 17.3. The summed E-state index contributed by atoms with van der Waals surface area (Å²) in [5.74, 6) is 0.0921. The Morgan fingerprint density at radius 3 is 2.76 bits per heavy atom. The Kier molecular flexibility index (Phi) is 4.45. The molecule has 17 heavy (non-hydrogen) atoms. The molecule has 0 aromatic heterocycles. The van der Waals surface area contributed by atoms with Crippen LogP contribution in [-0.2, 0) is 10.0 Å². The van der Waals surface area contributed by atoms with E-state index in [2.05, 4.69) is 4.72 Å². The highest BCUT2D eigenvalue weighted by Gasteiger charge is 2.19. The van der Waals surface area contributed by atoms with Crippen molar-refractivity contribution < 1.29 is 18.3 Å². The maximum Gasteiger partial charge on any atom is 0.244 e. The molecule has 0 bridgehead atoms. The molecule has 92 valence electrons. The van der Waals surface area contributed by atoms with Gasteiger partial charge in [-0.3, -0.25) is 0 Å². The van der Waals surface area contributed by atoms with Gasteiger partial charge in [0.1, 0.15) is 10.6 Å². The van der Waals surface area contributed by atoms with Gasteiger partial charge in [-0.1, -0.05) is 0 Å². The van der Waals surface area contributed by atoms with Crippen LogP contribution < -0.4 is 9.46 Å². The second kappa shape index (κ2) is 5.63. The van der Waals surface area contributed by atoms with Crippen LogP contribution in [0.3, 0.4) is 0 Å². The summed E-state index contributed by atoms with van der Waals surface area (Å²) >= 11 is 0. The lowest BCUT2D eigenvalue weighted by Gasteiger charge is -2.10. The molecule has 0 heterocycles. The number of ether oxygens (including phenoxy) is 1. The van der Waals surface area contributed by atoms with Gasteiger partial charge >= 0.3 is 0 Å². The first-order valence-corrected chi connectivity index (χ1v) is 6.22. The van der Waals surface area contributed by atoms with Gasteiger partial charge < -0.3 is 9.84 Å². The monoisotopic (exact) mass is 256 g/mol. The van der Waals surface area contributed by atoms with Crippen LogP contribution in [0.15, 0.2) is 23.1 Å². The summed E-state index contributed by atoms with van der Waals surface area (Å²) < 4.78 is 30.7. The van der Waals surface area contributed by atoms with E-state index in [0.717, 1.165) is 0 Å². The van der Waals surface area contributed by atoms with Gasteiger partial charge in [-0.05, 0) is 18.2 Å². The van der Waals surface area contributed by atoms with Gasteiger partial charge in [-0.25, -0.2) is 13.1 Å². The number of nitriles is 1. The Balaban J connectivity index is 3.18. The zero-order valence-electron chi connectivity index (χ0n) is 9.17. The Hall–Kier alpha value is -1.62. The molecule has 0 unspecified atom stereocenters. The summed E-state index contributed by atoms with van der Waals surface area (Å²) in [6.45, 7) is -0.372. The van der Waals surface area contributed by atoms with E-state index < -0.39 is 10.0 Å². The number of sulfonamides is 1. The largest absolute Gasteiger partial charge is 0.495 e. The number of nitrogens with zero attached hydrogens (tertiary/aromatic N) is 1. The molecule has 0 saturated heterocycles. The normalized spacial score (nSPS) is 10.9. The zero-order chi connectivity index (χ0) is 12.9. The molecule has 1 rings (SSSR count). The minimum absolute atomic E-state index is 0.0625. The molecule has 0 atom stereocenters. The summed E-state index contributed by atoms with van der Waals surface area (Å²) in [6, 6.07) is 5.90. The van der Waals surface area contributed by atoms with E-state index in [-0.39, 0.29) is 23.8 Å². The van der Waals surface area contributed by atoms with Gasteiger partial charge in [0.15, 0.2) is 0 Å². The fourth-order valence-electron chi connectivity index (χ4n) is 1.22. The highest BCUT2D eigenvalue weighted by Crippen LogP contribution is 2.24. The average molecular weight is 256 g/mol. The van der Waals surface area contributed by atoms with Crippen molar-refractivity contribution in [3.63, 3.8) is 0 Å². The smallest absolute Gasteiger partial charge is 0.244 e. The Morgan fingerprint density at radius 1 is 1.53 bits per heavy atom. The highest BCUT2D eigenvalue weighted by atomic mass is 32.2. The van der Waals surface area contributed by atoms with Crippen molar-refractivity contribution in [1.82, 2.24) is 4.72 Å². The molecule has 6 nitrogen and oxygen atoms in total. The Bertz CT molecular complexity index is 534. The molecule has 0 fully saturated rings. The van der Waals surface area contributed by atoms with Crippen molar-refractivity contribution in [2.75, 3.05) is 20.3 Å². The molecule has 0 aliphatic heterocycles. The molecular weight excluding hydrogens is 244 g/mol. The van der Waals surface area contributed by atoms with E-state index in [4.69, 9.17) is 15.1 Å². The molecule has 0 saturated carbocycles. The van der Waals surface area contributed by atoms with E-state index in [0.29, 0.717) is 5.56 Å². The van der Waals surface area contributed by atoms with E-state index >= 15 is 0 Å². The quantitative estimate of drug-likeness (QED) is 0.762. The predicted octanol–water partition coefficient (Wildman–Crippen LogP) is -0.163. The van der Waals surface area contributed by atoms with Gasteiger partial charge in [0, 0.05) is 6.54 Å². The van der Waals surface area contributed by atoms with Gasteiger partial charge in [0.25, 0.3) is 0 Å². The average Bonchev–Trinajstić information content (AvgIpc) is 2.35. The van der Waals surface area contributed by atoms with Crippen molar-refractivity contribution in [1.29, 1.82) is 5.26 Å². The fraction of sp³-hybridized carbons (Fsp3) is 0.300. The summed E-state index contributed by atoms with van der Waals surface area (Å²) in [7, 11) is -2.41. The maximum absolute atomic E-state index is 11.8. The third-order valence-electron chi connectivity index (χ3n) is 1.99. The molecule has 1 aromatic carbocycles. The molecular formula is C10H12N2O4S. The summed E-state index contributed by atoms with van der Waals surface area (Å²) in [4.78, 5) is -0.0625. The van der Waals surface area contributed by atoms with Crippen molar-refractivity contribution in [3.8, 4) is 11.8 Å². The van der Waals surface area contributed by atoms with Gasteiger partial charge in [-0.2, -0.15) is 5.26 Å². The van der Waals surface area contributed by atoms with Crippen molar-refractivity contribution in [3.05, 3.63) is 23.8 Å². The zero-order valence-corrected chi connectivity index (χ0v) is 9.99.